The molecule has 3 aromatic rings. The van der Waals surface area contributed by atoms with E-state index in [-0.39, 0.29) is 17.1 Å². The number of hydrogen-bond acceptors (Lipinski definition) is 4. The molecule has 0 fully saturated rings. The Balaban J connectivity index is 2.08. The molecule has 29 heavy (non-hydrogen) atoms. The van der Waals surface area contributed by atoms with Crippen LogP contribution < -0.4 is 4.80 Å². The van der Waals surface area contributed by atoms with E-state index in [9.17, 15) is 19.3 Å². The number of non-ortho nitro benzene ring substituents is 1. The molecule has 1 aromatic heterocycles. The molecule has 2 aromatic carbocycles. The predicted molar refractivity (Wildman–Crippen MR) is 110 cm³/mol. The fourth-order valence-corrected chi connectivity index (χ4v) is 4.34. The van der Waals surface area contributed by atoms with Gasteiger partial charge < -0.3 is 4.57 Å². The second-order valence-electron chi connectivity index (χ2n) is 6.38. The monoisotopic (exact) mass is 413 g/mol. The number of thiazole rings is 1. The molecule has 150 valence electrons. The second kappa shape index (κ2) is 8.91. The summed E-state index contributed by atoms with van der Waals surface area (Å²) in [7, 11) is 0. The molecule has 0 radical (unpaired) electrons. The summed E-state index contributed by atoms with van der Waals surface area (Å²) in [5, 5.41) is 10.8. The Hall–Kier alpha value is -3.13. The van der Waals surface area contributed by atoms with Gasteiger partial charge in [0, 0.05) is 29.1 Å². The van der Waals surface area contributed by atoms with Crippen LogP contribution in [0, 0.1) is 15.9 Å². The first-order valence-electron chi connectivity index (χ1n) is 9.26. The van der Waals surface area contributed by atoms with Crippen molar-refractivity contribution in [2.24, 2.45) is 4.99 Å². The lowest BCUT2D eigenvalue weighted by Crippen LogP contribution is -2.17. The molecule has 0 unspecified atom stereocenters. The van der Waals surface area contributed by atoms with E-state index in [0.29, 0.717) is 11.3 Å². The molecular formula is C21H20FN3O3S. The van der Waals surface area contributed by atoms with Gasteiger partial charge in [-0.05, 0) is 55.3 Å². The van der Waals surface area contributed by atoms with Crippen LogP contribution in [0.25, 0.3) is 11.3 Å². The van der Waals surface area contributed by atoms with Crippen molar-refractivity contribution >= 4 is 22.9 Å². The SMILES string of the molecule is CCCc1sc(=NC(=O)c2ccc([N+](=O)[O-])cc2)n(CC)c1-c1ccc(F)cc1. The van der Waals surface area contributed by atoms with Crippen molar-refractivity contribution in [1.82, 2.24) is 4.57 Å². The topological polar surface area (TPSA) is 77.5 Å². The number of amides is 1. The Bertz CT molecular complexity index is 1100. The van der Waals surface area contributed by atoms with E-state index in [4.69, 9.17) is 0 Å². The number of benzene rings is 2. The van der Waals surface area contributed by atoms with Gasteiger partial charge in [-0.3, -0.25) is 14.9 Å². The van der Waals surface area contributed by atoms with Gasteiger partial charge in [-0.2, -0.15) is 4.99 Å². The van der Waals surface area contributed by atoms with Crippen LogP contribution in [0.4, 0.5) is 10.1 Å². The summed E-state index contributed by atoms with van der Waals surface area (Å²) in [5.74, 6) is -0.764. The molecule has 0 atom stereocenters. The first-order valence-corrected chi connectivity index (χ1v) is 10.1. The lowest BCUT2D eigenvalue weighted by atomic mass is 10.1. The van der Waals surface area contributed by atoms with Crippen LogP contribution in [0.1, 0.15) is 35.5 Å². The quantitative estimate of drug-likeness (QED) is 0.422. The van der Waals surface area contributed by atoms with Crippen LogP contribution in [0.15, 0.2) is 53.5 Å². The minimum atomic E-state index is -0.512. The van der Waals surface area contributed by atoms with Crippen molar-refractivity contribution in [3.63, 3.8) is 0 Å². The Morgan fingerprint density at radius 3 is 2.34 bits per heavy atom. The number of nitrogens with zero attached hydrogens (tertiary/aromatic N) is 3. The molecule has 0 saturated heterocycles. The highest BCUT2D eigenvalue weighted by Gasteiger charge is 2.16. The number of hydrogen-bond donors (Lipinski definition) is 0. The van der Waals surface area contributed by atoms with Crippen LogP contribution in [0.5, 0.6) is 0 Å². The van der Waals surface area contributed by atoms with Gasteiger partial charge in [0.05, 0.1) is 10.6 Å². The zero-order chi connectivity index (χ0) is 21.0. The van der Waals surface area contributed by atoms with Crippen molar-refractivity contribution in [2.45, 2.75) is 33.2 Å². The van der Waals surface area contributed by atoms with Gasteiger partial charge >= 0.3 is 0 Å². The summed E-state index contributed by atoms with van der Waals surface area (Å²) in [6, 6.07) is 11.7. The number of nitro benzene ring substituents is 1. The van der Waals surface area contributed by atoms with Crippen LogP contribution in [-0.2, 0) is 13.0 Å². The number of rotatable bonds is 6. The number of carbonyl (C=O) groups is 1. The lowest BCUT2D eigenvalue weighted by Gasteiger charge is -2.09. The van der Waals surface area contributed by atoms with Crippen LogP contribution in [-0.4, -0.2) is 15.4 Å². The van der Waals surface area contributed by atoms with Crippen LogP contribution >= 0.6 is 11.3 Å². The molecule has 6 nitrogen and oxygen atoms in total. The Labute approximate surface area is 171 Å². The summed E-state index contributed by atoms with van der Waals surface area (Å²) in [6.07, 6.45) is 1.74. The molecule has 8 heteroatoms. The molecule has 0 spiro atoms. The summed E-state index contributed by atoms with van der Waals surface area (Å²) >= 11 is 1.44. The van der Waals surface area contributed by atoms with Gasteiger partial charge in [0.1, 0.15) is 5.82 Å². The largest absolute Gasteiger partial charge is 0.316 e. The van der Waals surface area contributed by atoms with Gasteiger partial charge in [-0.15, -0.1) is 11.3 Å². The van der Waals surface area contributed by atoms with Gasteiger partial charge in [0.2, 0.25) is 0 Å². The lowest BCUT2D eigenvalue weighted by molar-refractivity contribution is -0.384. The zero-order valence-corrected chi connectivity index (χ0v) is 16.9. The third-order valence-electron chi connectivity index (χ3n) is 4.41. The maximum Gasteiger partial charge on any atom is 0.279 e. The number of carbonyl (C=O) groups excluding carboxylic acids is 1. The fourth-order valence-electron chi connectivity index (χ4n) is 3.03. The smallest absolute Gasteiger partial charge is 0.279 e. The maximum absolute atomic E-state index is 13.4. The number of aryl methyl sites for hydroxylation is 1. The first-order chi connectivity index (χ1) is 13.9. The van der Waals surface area contributed by atoms with Crippen molar-refractivity contribution < 1.29 is 14.1 Å². The highest BCUT2D eigenvalue weighted by atomic mass is 32.1. The normalized spacial score (nSPS) is 11.6. The van der Waals surface area contributed by atoms with E-state index in [1.165, 1.54) is 47.7 Å². The summed E-state index contributed by atoms with van der Waals surface area (Å²) in [5.41, 5.74) is 2.02. The molecule has 0 aliphatic carbocycles. The predicted octanol–water partition coefficient (Wildman–Crippen LogP) is 4.98. The standard InChI is InChI=1S/C21H20FN3O3S/c1-3-5-18-19(14-6-10-16(22)11-7-14)24(4-2)21(29-18)23-20(26)15-8-12-17(13-9-15)25(27)28/h6-13H,3-5H2,1-2H3. The van der Waals surface area contributed by atoms with Gasteiger partial charge in [-0.25, -0.2) is 4.39 Å². The van der Waals surface area contributed by atoms with E-state index in [1.807, 2.05) is 11.5 Å². The highest BCUT2D eigenvalue weighted by Crippen LogP contribution is 2.27. The summed E-state index contributed by atoms with van der Waals surface area (Å²) < 4.78 is 15.3. The zero-order valence-electron chi connectivity index (χ0n) is 16.1. The maximum atomic E-state index is 13.4. The molecule has 0 bridgehead atoms. The van der Waals surface area contributed by atoms with Crippen LogP contribution in [0.2, 0.25) is 0 Å². The van der Waals surface area contributed by atoms with Gasteiger partial charge in [0.25, 0.3) is 11.6 Å². The van der Waals surface area contributed by atoms with Crippen molar-refractivity contribution in [3.05, 3.63) is 79.7 Å². The van der Waals surface area contributed by atoms with Gasteiger partial charge in [0.15, 0.2) is 4.80 Å². The molecule has 3 rings (SSSR count). The van der Waals surface area contributed by atoms with Crippen molar-refractivity contribution in [2.75, 3.05) is 0 Å². The van der Waals surface area contributed by atoms with Gasteiger partial charge in [-0.1, -0.05) is 13.3 Å². The molecule has 0 saturated carbocycles. The minimum Gasteiger partial charge on any atom is -0.316 e. The third-order valence-corrected chi connectivity index (χ3v) is 5.55. The second-order valence-corrected chi connectivity index (χ2v) is 7.44. The van der Waals surface area contributed by atoms with E-state index < -0.39 is 10.8 Å². The molecule has 1 amide bonds. The minimum absolute atomic E-state index is 0.0786. The molecule has 0 N–H and O–H groups in total. The summed E-state index contributed by atoms with van der Waals surface area (Å²) in [6.45, 7) is 4.63. The molecule has 1 heterocycles. The highest BCUT2D eigenvalue weighted by molar-refractivity contribution is 7.09. The molecule has 0 aliphatic rings. The first kappa shape index (κ1) is 20.6. The average molecular weight is 413 g/mol. The van der Waals surface area contributed by atoms with Crippen LogP contribution in [0.3, 0.4) is 0 Å². The summed E-state index contributed by atoms with van der Waals surface area (Å²) in [4.78, 5) is 28.8. The van der Waals surface area contributed by atoms with Crippen molar-refractivity contribution in [3.8, 4) is 11.3 Å². The number of aromatic nitrogens is 1. The van der Waals surface area contributed by atoms with E-state index in [2.05, 4.69) is 11.9 Å². The van der Waals surface area contributed by atoms with Crippen molar-refractivity contribution in [1.29, 1.82) is 0 Å². The Morgan fingerprint density at radius 1 is 1.14 bits per heavy atom. The van der Waals surface area contributed by atoms with E-state index >= 15 is 0 Å². The Morgan fingerprint density at radius 2 is 1.79 bits per heavy atom. The Kier molecular flexibility index (Phi) is 6.33. The average Bonchev–Trinajstić information content (AvgIpc) is 3.05. The molecule has 0 aliphatic heterocycles. The van der Waals surface area contributed by atoms with E-state index in [0.717, 1.165) is 29.0 Å². The third kappa shape index (κ3) is 4.48. The van der Waals surface area contributed by atoms with E-state index in [1.54, 1.807) is 12.1 Å². The molecular weight excluding hydrogens is 393 g/mol. The number of nitro groups is 1. The number of halogens is 1. The fraction of sp³-hybridized carbons (Fsp3) is 0.238.